The van der Waals surface area contributed by atoms with Crippen molar-refractivity contribution in [3.8, 4) is 35.2 Å². The molecule has 4 aromatic carbocycles. The normalized spacial score (nSPS) is 9.55. The Labute approximate surface area is 258 Å². The number of aryl methyl sites for hydroxylation is 4. The molecule has 44 heavy (non-hydrogen) atoms. The fourth-order valence-electron chi connectivity index (χ4n) is 3.78. The van der Waals surface area contributed by atoms with Crippen LogP contribution in [-0.4, -0.2) is 35.4 Å². The van der Waals surface area contributed by atoms with Crippen LogP contribution in [0.1, 0.15) is 33.4 Å². The lowest BCUT2D eigenvalue weighted by Gasteiger charge is -2.09. The van der Waals surface area contributed by atoms with Crippen molar-refractivity contribution in [2.45, 2.75) is 27.7 Å². The molecule has 0 atom stereocenters. The minimum Gasteiger partial charge on any atom is -0.508 e. The van der Waals surface area contributed by atoms with E-state index in [0.29, 0.717) is 11.1 Å². The lowest BCUT2D eigenvalue weighted by Crippen LogP contribution is -2.29. The fraction of sp³-hybridized carbons (Fsp3) is 0.167. The van der Waals surface area contributed by atoms with Crippen LogP contribution in [0, 0.1) is 51.4 Å². The monoisotopic (exact) mass is 588 g/mol. The molecule has 0 radical (unpaired) electrons. The number of phenols is 2. The van der Waals surface area contributed by atoms with Crippen LogP contribution in [0.4, 0.5) is 21.0 Å². The number of benzene rings is 4. The zero-order valence-corrected chi connectivity index (χ0v) is 25.2. The molecular weight excluding hydrogens is 552 g/mol. The van der Waals surface area contributed by atoms with Crippen molar-refractivity contribution in [3.63, 3.8) is 0 Å². The zero-order chi connectivity index (χ0) is 31.9. The number of hydrogen-bond acceptors (Lipinski definition) is 4. The predicted octanol–water partition coefficient (Wildman–Crippen LogP) is 6.36. The molecule has 4 rings (SSSR count). The second-order valence-corrected chi connectivity index (χ2v) is 9.96. The number of nitrogens with one attached hydrogen (secondary N) is 4. The van der Waals surface area contributed by atoms with Crippen LogP contribution in [0.3, 0.4) is 0 Å². The first-order valence-corrected chi connectivity index (χ1v) is 13.9. The Hall–Kier alpha value is -5.86. The molecule has 0 spiro atoms. The van der Waals surface area contributed by atoms with Crippen LogP contribution >= 0.6 is 0 Å². The maximum Gasteiger partial charge on any atom is 0.320 e. The van der Waals surface area contributed by atoms with Crippen molar-refractivity contribution >= 4 is 23.4 Å². The van der Waals surface area contributed by atoms with Gasteiger partial charge in [-0.2, -0.15) is 0 Å². The molecule has 8 heteroatoms. The first kappa shape index (κ1) is 32.7. The van der Waals surface area contributed by atoms with Crippen molar-refractivity contribution in [2.24, 2.45) is 0 Å². The van der Waals surface area contributed by atoms with E-state index < -0.39 is 0 Å². The highest BCUT2D eigenvalue weighted by Crippen LogP contribution is 2.17. The first-order chi connectivity index (χ1) is 21.1. The second-order valence-electron chi connectivity index (χ2n) is 9.96. The molecule has 0 fully saturated rings. The molecule has 0 saturated heterocycles. The summed E-state index contributed by atoms with van der Waals surface area (Å²) in [5, 5.41) is 29.6. The molecule has 0 saturated carbocycles. The summed E-state index contributed by atoms with van der Waals surface area (Å²) in [6, 6.07) is 24.5. The Morgan fingerprint density at radius 2 is 1.00 bits per heavy atom. The molecule has 224 valence electrons. The van der Waals surface area contributed by atoms with Gasteiger partial charge in [-0.25, -0.2) is 9.59 Å². The first-order valence-electron chi connectivity index (χ1n) is 13.9. The van der Waals surface area contributed by atoms with E-state index in [9.17, 15) is 19.8 Å². The minimum atomic E-state index is -0.293. The van der Waals surface area contributed by atoms with Gasteiger partial charge in [0.05, 0.1) is 13.1 Å². The Morgan fingerprint density at radius 1 is 0.591 bits per heavy atom. The Bertz CT molecular complexity index is 1610. The van der Waals surface area contributed by atoms with Gasteiger partial charge in [-0.1, -0.05) is 60.1 Å². The topological polar surface area (TPSA) is 123 Å². The second kappa shape index (κ2) is 16.5. The Kier molecular flexibility index (Phi) is 12.3. The summed E-state index contributed by atoms with van der Waals surface area (Å²) in [6.07, 6.45) is 0. The van der Waals surface area contributed by atoms with Gasteiger partial charge in [0.15, 0.2) is 0 Å². The smallest absolute Gasteiger partial charge is 0.320 e. The third-order valence-electron chi connectivity index (χ3n) is 6.11. The number of carbonyl (C=O) groups is 2. The molecule has 6 N–H and O–H groups in total. The van der Waals surface area contributed by atoms with Crippen LogP contribution in [0.2, 0.25) is 0 Å². The van der Waals surface area contributed by atoms with Crippen molar-refractivity contribution in [3.05, 3.63) is 118 Å². The molecule has 0 unspecified atom stereocenters. The largest absolute Gasteiger partial charge is 0.508 e. The van der Waals surface area contributed by atoms with Crippen LogP contribution in [-0.2, 0) is 0 Å². The standard InChI is InChI=1S/2C18H18N2O2/c2*1-13-8-9-14(2)17(11-13)20-18(22)19-10-4-6-15-5-3-7-16(21)12-15/h2*3,5,7-9,11-12,21H,10H2,1-2H3,(H2,19,20,22). The molecule has 0 aliphatic rings. The van der Waals surface area contributed by atoms with Crippen LogP contribution in [0.15, 0.2) is 84.9 Å². The summed E-state index contributed by atoms with van der Waals surface area (Å²) >= 11 is 0. The number of amides is 4. The van der Waals surface area contributed by atoms with Crippen molar-refractivity contribution in [1.82, 2.24) is 10.6 Å². The average Bonchev–Trinajstić information content (AvgIpc) is 2.98. The quantitative estimate of drug-likeness (QED) is 0.155. The van der Waals surface area contributed by atoms with Gasteiger partial charge in [0.2, 0.25) is 0 Å². The minimum absolute atomic E-state index is 0.174. The lowest BCUT2D eigenvalue weighted by molar-refractivity contribution is 0.252. The SMILES string of the molecule is Cc1ccc(C)c(NC(=O)NCC#Cc2cccc(O)c2)c1.Cc1ccc(C)c(NC(=O)NCC#Cc2cccc(O)c2)c1. The van der Waals surface area contributed by atoms with E-state index in [1.165, 1.54) is 0 Å². The molecule has 0 aromatic heterocycles. The number of urea groups is 2. The highest BCUT2D eigenvalue weighted by atomic mass is 16.3. The molecule has 0 aliphatic heterocycles. The van der Waals surface area contributed by atoms with Crippen LogP contribution in [0.5, 0.6) is 11.5 Å². The molecule has 0 bridgehead atoms. The summed E-state index contributed by atoms with van der Waals surface area (Å²) in [7, 11) is 0. The molecule has 4 amide bonds. The summed E-state index contributed by atoms with van der Waals surface area (Å²) in [4.78, 5) is 23.6. The molecule has 0 heterocycles. The van der Waals surface area contributed by atoms with Crippen molar-refractivity contribution in [2.75, 3.05) is 23.7 Å². The van der Waals surface area contributed by atoms with Crippen molar-refractivity contribution in [1.29, 1.82) is 0 Å². The predicted molar refractivity (Wildman–Crippen MR) is 176 cm³/mol. The van der Waals surface area contributed by atoms with Gasteiger partial charge < -0.3 is 31.5 Å². The Morgan fingerprint density at radius 3 is 1.39 bits per heavy atom. The van der Waals surface area contributed by atoms with Gasteiger partial charge in [0, 0.05) is 22.5 Å². The van der Waals surface area contributed by atoms with E-state index in [-0.39, 0.29) is 36.7 Å². The Balaban J connectivity index is 0.000000240. The highest BCUT2D eigenvalue weighted by molar-refractivity contribution is 5.91. The third kappa shape index (κ3) is 11.6. The number of hydrogen-bond donors (Lipinski definition) is 6. The summed E-state index contributed by atoms with van der Waals surface area (Å²) in [5.41, 5.74) is 7.18. The number of carbonyl (C=O) groups excluding carboxylic acids is 2. The third-order valence-corrected chi connectivity index (χ3v) is 6.11. The van der Waals surface area contributed by atoms with Crippen molar-refractivity contribution < 1.29 is 19.8 Å². The molecule has 4 aromatic rings. The molecule has 8 nitrogen and oxygen atoms in total. The highest BCUT2D eigenvalue weighted by Gasteiger charge is 2.04. The molecule has 0 aliphatic carbocycles. The summed E-state index contributed by atoms with van der Waals surface area (Å²) in [5.74, 6) is 11.8. The molecular formula is C36H36N4O4. The maximum atomic E-state index is 11.8. The van der Waals surface area contributed by atoms with E-state index in [1.807, 2.05) is 64.1 Å². The van der Waals surface area contributed by atoms with E-state index in [4.69, 9.17) is 0 Å². The number of phenolic OH excluding ortho intramolecular Hbond substituents is 2. The van der Waals surface area contributed by atoms with Gasteiger partial charge in [0.25, 0.3) is 0 Å². The maximum absolute atomic E-state index is 11.8. The van der Waals surface area contributed by atoms with Crippen LogP contribution < -0.4 is 21.3 Å². The average molecular weight is 589 g/mol. The summed E-state index contributed by atoms with van der Waals surface area (Å²) < 4.78 is 0. The number of rotatable bonds is 4. The lowest BCUT2D eigenvalue weighted by atomic mass is 10.1. The van der Waals surface area contributed by atoms with Crippen LogP contribution in [0.25, 0.3) is 0 Å². The van der Waals surface area contributed by atoms with Gasteiger partial charge in [-0.05, 0) is 98.5 Å². The van der Waals surface area contributed by atoms with Gasteiger partial charge >= 0.3 is 12.1 Å². The summed E-state index contributed by atoms with van der Waals surface area (Å²) in [6.45, 7) is 8.29. The number of aromatic hydroxyl groups is 2. The zero-order valence-electron chi connectivity index (χ0n) is 25.2. The van der Waals surface area contributed by atoms with E-state index in [2.05, 4.69) is 44.9 Å². The van der Waals surface area contributed by atoms with Gasteiger partial charge in [-0.15, -0.1) is 0 Å². The van der Waals surface area contributed by atoms with E-state index >= 15 is 0 Å². The van der Waals surface area contributed by atoms with Gasteiger partial charge in [0.1, 0.15) is 11.5 Å². The van der Waals surface area contributed by atoms with Gasteiger partial charge in [-0.3, -0.25) is 0 Å². The van der Waals surface area contributed by atoms with E-state index in [0.717, 1.165) is 33.6 Å². The van der Waals surface area contributed by atoms with E-state index in [1.54, 1.807) is 48.5 Å². The number of anilines is 2. The fourth-order valence-corrected chi connectivity index (χ4v) is 3.78.